The molecule has 1 aromatic carbocycles. The van der Waals surface area contributed by atoms with Crippen molar-refractivity contribution in [3.05, 3.63) is 36.0 Å². The highest BCUT2D eigenvalue weighted by Crippen LogP contribution is 2.20. The molecule has 2 heterocycles. The molecule has 1 aliphatic heterocycles. The fourth-order valence-corrected chi connectivity index (χ4v) is 3.07. The minimum absolute atomic E-state index is 0.0533. The summed E-state index contributed by atoms with van der Waals surface area (Å²) < 4.78 is 10.4. The van der Waals surface area contributed by atoms with E-state index in [1.807, 2.05) is 31.2 Å². The molecule has 150 valence electrons. The molecule has 0 bridgehead atoms. The van der Waals surface area contributed by atoms with E-state index in [9.17, 15) is 9.59 Å². The maximum atomic E-state index is 12.4. The average Bonchev–Trinajstić information content (AvgIpc) is 3.13. The van der Waals surface area contributed by atoms with Gasteiger partial charge in [0.2, 0.25) is 11.8 Å². The first-order valence-electron chi connectivity index (χ1n) is 9.41. The van der Waals surface area contributed by atoms with Crippen molar-refractivity contribution in [2.24, 2.45) is 5.92 Å². The molecule has 1 saturated heterocycles. The van der Waals surface area contributed by atoms with Gasteiger partial charge in [-0.15, -0.1) is 0 Å². The number of hydrogen-bond donors (Lipinski definition) is 2. The summed E-state index contributed by atoms with van der Waals surface area (Å²) in [7, 11) is 0. The van der Waals surface area contributed by atoms with Crippen LogP contribution >= 0.6 is 0 Å². The fraction of sp³-hybridized carbons (Fsp3) is 0.474. The average molecular weight is 387 g/mol. The molecular formula is C19H25N5O4. The van der Waals surface area contributed by atoms with E-state index in [4.69, 9.17) is 9.26 Å². The van der Waals surface area contributed by atoms with Gasteiger partial charge in [-0.25, -0.2) is 4.79 Å². The smallest absolute Gasteiger partial charge is 0.321 e. The van der Waals surface area contributed by atoms with Crippen LogP contribution in [-0.4, -0.2) is 46.7 Å². The first-order valence-corrected chi connectivity index (χ1v) is 9.41. The number of hydrogen-bond acceptors (Lipinski definition) is 6. The molecule has 0 aliphatic carbocycles. The third-order valence-corrected chi connectivity index (χ3v) is 4.55. The topological polar surface area (TPSA) is 110 Å². The molecule has 28 heavy (non-hydrogen) atoms. The number of aromatic nitrogens is 2. The first kappa shape index (κ1) is 19.7. The summed E-state index contributed by atoms with van der Waals surface area (Å²) in [4.78, 5) is 30.5. The number of carbonyl (C=O) groups excluding carboxylic acids is 2. The maximum absolute atomic E-state index is 12.4. The van der Waals surface area contributed by atoms with Gasteiger partial charge in [-0.2, -0.15) is 4.98 Å². The van der Waals surface area contributed by atoms with Gasteiger partial charge in [0.1, 0.15) is 5.75 Å². The monoisotopic (exact) mass is 387 g/mol. The van der Waals surface area contributed by atoms with Crippen LogP contribution in [0.3, 0.4) is 0 Å². The number of likely N-dealkylation sites (tertiary alicyclic amines) is 1. The standard InChI is InChI=1S/C19H25N5O4/c1-3-27-16-6-4-15(5-7-16)22-19(26)24-10-8-14(9-11-24)18(25)20-12-17-21-13(2)23-28-17/h4-7,14H,3,8-12H2,1-2H3,(H,20,25)(H,22,26). The van der Waals surface area contributed by atoms with Gasteiger partial charge in [0.25, 0.3) is 0 Å². The SMILES string of the molecule is CCOc1ccc(NC(=O)N2CCC(C(=O)NCc3nc(C)no3)CC2)cc1. The Kier molecular flexibility index (Phi) is 6.46. The van der Waals surface area contributed by atoms with Crippen LogP contribution in [0.5, 0.6) is 5.75 Å². The van der Waals surface area contributed by atoms with Gasteiger partial charge in [0, 0.05) is 24.7 Å². The lowest BCUT2D eigenvalue weighted by molar-refractivity contribution is -0.126. The van der Waals surface area contributed by atoms with Crippen molar-refractivity contribution in [3.63, 3.8) is 0 Å². The minimum atomic E-state index is -0.163. The highest BCUT2D eigenvalue weighted by molar-refractivity contribution is 5.89. The second kappa shape index (κ2) is 9.20. The quantitative estimate of drug-likeness (QED) is 0.787. The zero-order valence-electron chi connectivity index (χ0n) is 16.1. The molecule has 2 N–H and O–H groups in total. The van der Waals surface area contributed by atoms with Crippen molar-refractivity contribution in [2.75, 3.05) is 25.0 Å². The summed E-state index contributed by atoms with van der Waals surface area (Å²) in [6.45, 7) is 5.52. The number of amides is 3. The first-order chi connectivity index (χ1) is 13.5. The van der Waals surface area contributed by atoms with Crippen LogP contribution in [0, 0.1) is 12.8 Å². The number of nitrogens with zero attached hydrogens (tertiary/aromatic N) is 3. The summed E-state index contributed by atoms with van der Waals surface area (Å²) >= 11 is 0. The Labute approximate surface area is 163 Å². The van der Waals surface area contributed by atoms with Crippen molar-refractivity contribution in [3.8, 4) is 5.75 Å². The third kappa shape index (κ3) is 5.21. The fourth-order valence-electron chi connectivity index (χ4n) is 3.07. The molecule has 0 saturated carbocycles. The zero-order valence-corrected chi connectivity index (χ0v) is 16.1. The molecule has 1 fully saturated rings. The lowest BCUT2D eigenvalue weighted by Gasteiger charge is -2.31. The number of ether oxygens (including phenoxy) is 1. The maximum Gasteiger partial charge on any atom is 0.321 e. The number of aryl methyl sites for hydroxylation is 1. The predicted octanol–water partition coefficient (Wildman–Crippen LogP) is 2.34. The van der Waals surface area contributed by atoms with Crippen LogP contribution in [0.15, 0.2) is 28.8 Å². The minimum Gasteiger partial charge on any atom is -0.494 e. The molecule has 3 rings (SSSR count). The van der Waals surface area contributed by atoms with Gasteiger partial charge in [0.15, 0.2) is 5.82 Å². The molecule has 3 amide bonds. The summed E-state index contributed by atoms with van der Waals surface area (Å²) in [6, 6.07) is 7.09. The van der Waals surface area contributed by atoms with E-state index in [2.05, 4.69) is 20.8 Å². The second-order valence-electron chi connectivity index (χ2n) is 6.60. The molecule has 0 radical (unpaired) electrons. The Morgan fingerprint density at radius 2 is 1.96 bits per heavy atom. The van der Waals surface area contributed by atoms with Crippen LogP contribution in [0.4, 0.5) is 10.5 Å². The van der Waals surface area contributed by atoms with Gasteiger partial charge in [-0.1, -0.05) is 5.16 Å². The number of benzene rings is 1. The number of rotatable bonds is 6. The Bertz CT molecular complexity index is 797. The number of urea groups is 1. The lowest BCUT2D eigenvalue weighted by Crippen LogP contribution is -2.44. The van der Waals surface area contributed by atoms with Crippen molar-refractivity contribution in [1.82, 2.24) is 20.4 Å². The van der Waals surface area contributed by atoms with E-state index in [1.165, 1.54) is 0 Å². The highest BCUT2D eigenvalue weighted by atomic mass is 16.5. The van der Waals surface area contributed by atoms with Crippen LogP contribution in [-0.2, 0) is 11.3 Å². The van der Waals surface area contributed by atoms with Gasteiger partial charge in [0.05, 0.1) is 13.2 Å². The van der Waals surface area contributed by atoms with E-state index < -0.39 is 0 Å². The van der Waals surface area contributed by atoms with Crippen molar-refractivity contribution in [2.45, 2.75) is 33.2 Å². The number of piperidine rings is 1. The van der Waals surface area contributed by atoms with E-state index in [0.29, 0.717) is 49.9 Å². The van der Waals surface area contributed by atoms with Crippen molar-refractivity contribution in [1.29, 1.82) is 0 Å². The Balaban J connectivity index is 1.42. The van der Waals surface area contributed by atoms with E-state index in [-0.39, 0.29) is 24.4 Å². The van der Waals surface area contributed by atoms with Gasteiger partial charge in [-0.3, -0.25) is 4.79 Å². The summed E-state index contributed by atoms with van der Waals surface area (Å²) in [6.07, 6.45) is 1.23. The summed E-state index contributed by atoms with van der Waals surface area (Å²) in [5.41, 5.74) is 0.711. The molecule has 0 atom stereocenters. The van der Waals surface area contributed by atoms with Crippen LogP contribution in [0.1, 0.15) is 31.5 Å². The highest BCUT2D eigenvalue weighted by Gasteiger charge is 2.27. The Morgan fingerprint density at radius 3 is 2.57 bits per heavy atom. The molecular weight excluding hydrogens is 362 g/mol. The summed E-state index contributed by atoms with van der Waals surface area (Å²) in [5, 5.41) is 9.38. The van der Waals surface area contributed by atoms with Crippen molar-refractivity contribution >= 4 is 17.6 Å². The third-order valence-electron chi connectivity index (χ3n) is 4.55. The second-order valence-corrected chi connectivity index (χ2v) is 6.60. The van der Waals surface area contributed by atoms with Gasteiger partial charge >= 0.3 is 6.03 Å². The van der Waals surface area contributed by atoms with E-state index in [0.717, 1.165) is 5.75 Å². The molecule has 0 spiro atoms. The largest absolute Gasteiger partial charge is 0.494 e. The van der Waals surface area contributed by atoms with Crippen LogP contribution < -0.4 is 15.4 Å². The molecule has 0 unspecified atom stereocenters. The van der Waals surface area contributed by atoms with Crippen LogP contribution in [0.2, 0.25) is 0 Å². The number of nitrogens with one attached hydrogen (secondary N) is 2. The summed E-state index contributed by atoms with van der Waals surface area (Å²) in [5.74, 6) is 1.51. The molecule has 9 heteroatoms. The molecule has 1 aromatic heterocycles. The van der Waals surface area contributed by atoms with Crippen LogP contribution in [0.25, 0.3) is 0 Å². The van der Waals surface area contributed by atoms with E-state index >= 15 is 0 Å². The van der Waals surface area contributed by atoms with E-state index in [1.54, 1.807) is 11.8 Å². The predicted molar refractivity (Wildman–Crippen MR) is 102 cm³/mol. The molecule has 1 aliphatic rings. The normalized spacial score (nSPS) is 14.6. The lowest BCUT2D eigenvalue weighted by atomic mass is 9.96. The number of carbonyl (C=O) groups is 2. The number of anilines is 1. The van der Waals surface area contributed by atoms with Crippen molar-refractivity contribution < 1.29 is 18.8 Å². The Hall–Kier alpha value is -3.10. The molecule has 9 nitrogen and oxygen atoms in total. The van der Waals surface area contributed by atoms with Gasteiger partial charge in [-0.05, 0) is 51.0 Å². The molecule has 2 aromatic rings. The zero-order chi connectivity index (χ0) is 19.9. The Morgan fingerprint density at radius 1 is 1.25 bits per heavy atom. The van der Waals surface area contributed by atoms with Gasteiger partial charge < -0.3 is 24.8 Å².